The van der Waals surface area contributed by atoms with Gasteiger partial charge < -0.3 is 15.5 Å². The summed E-state index contributed by atoms with van der Waals surface area (Å²) in [5, 5.41) is 6.30. The van der Waals surface area contributed by atoms with Crippen molar-refractivity contribution in [2.75, 3.05) is 25.0 Å². The van der Waals surface area contributed by atoms with Crippen LogP contribution in [0.1, 0.15) is 31.2 Å². The van der Waals surface area contributed by atoms with Gasteiger partial charge in [0.15, 0.2) is 0 Å². The molecule has 0 bridgehead atoms. The fourth-order valence-electron chi connectivity index (χ4n) is 2.98. The van der Waals surface area contributed by atoms with Gasteiger partial charge in [0.05, 0.1) is 0 Å². The summed E-state index contributed by atoms with van der Waals surface area (Å²) < 4.78 is 0. The minimum atomic E-state index is 0.188. The molecule has 0 unspecified atom stereocenters. The molecule has 4 nitrogen and oxygen atoms in total. The number of amides is 1. The maximum absolute atomic E-state index is 11.7. The maximum atomic E-state index is 11.7. The van der Waals surface area contributed by atoms with Gasteiger partial charge >= 0.3 is 0 Å². The number of nitrogens with zero attached hydrogens (tertiary/aromatic N) is 1. The molecule has 1 saturated heterocycles. The SMILES string of the molecule is CNC(=O)C1CCN(c2ccc(CNC3CC3)cc2)CC1. The van der Waals surface area contributed by atoms with E-state index in [2.05, 4.69) is 39.8 Å². The Bertz CT molecular complexity index is 473. The van der Waals surface area contributed by atoms with Crippen LogP contribution in [0, 0.1) is 5.92 Å². The molecule has 0 atom stereocenters. The molecule has 114 valence electrons. The first kappa shape index (κ1) is 14.4. The third-order valence-electron chi connectivity index (χ3n) is 4.59. The van der Waals surface area contributed by atoms with Gasteiger partial charge in [-0.15, -0.1) is 0 Å². The summed E-state index contributed by atoms with van der Waals surface area (Å²) in [6.45, 7) is 2.92. The fourth-order valence-corrected chi connectivity index (χ4v) is 2.98. The smallest absolute Gasteiger partial charge is 0.222 e. The van der Waals surface area contributed by atoms with Gasteiger partial charge in [-0.3, -0.25) is 4.79 Å². The van der Waals surface area contributed by atoms with Gasteiger partial charge in [0.1, 0.15) is 0 Å². The van der Waals surface area contributed by atoms with Gasteiger partial charge in [-0.05, 0) is 43.4 Å². The summed E-state index contributed by atoms with van der Waals surface area (Å²) in [4.78, 5) is 14.0. The second-order valence-electron chi connectivity index (χ2n) is 6.20. The number of hydrogen-bond acceptors (Lipinski definition) is 3. The van der Waals surface area contributed by atoms with Crippen LogP contribution in [0.25, 0.3) is 0 Å². The molecular formula is C17H25N3O. The van der Waals surface area contributed by atoms with E-state index in [1.165, 1.54) is 24.1 Å². The molecule has 0 radical (unpaired) electrons. The average Bonchev–Trinajstić information content (AvgIpc) is 3.37. The lowest BCUT2D eigenvalue weighted by Crippen LogP contribution is -2.39. The lowest BCUT2D eigenvalue weighted by Gasteiger charge is -2.32. The topological polar surface area (TPSA) is 44.4 Å². The molecule has 1 aromatic rings. The van der Waals surface area contributed by atoms with Crippen molar-refractivity contribution in [3.63, 3.8) is 0 Å². The van der Waals surface area contributed by atoms with Crippen molar-refractivity contribution in [1.82, 2.24) is 10.6 Å². The van der Waals surface area contributed by atoms with Crippen LogP contribution in [-0.2, 0) is 11.3 Å². The number of hydrogen-bond donors (Lipinski definition) is 2. The Morgan fingerprint density at radius 3 is 2.38 bits per heavy atom. The summed E-state index contributed by atoms with van der Waals surface area (Å²) in [6.07, 6.45) is 4.56. The molecule has 1 aliphatic heterocycles. The van der Waals surface area contributed by atoms with E-state index in [1.807, 2.05) is 0 Å². The van der Waals surface area contributed by atoms with Gasteiger partial charge in [0.2, 0.25) is 5.91 Å². The van der Waals surface area contributed by atoms with Crippen molar-refractivity contribution in [2.24, 2.45) is 5.92 Å². The normalized spacial score (nSPS) is 19.6. The van der Waals surface area contributed by atoms with Gasteiger partial charge in [0.25, 0.3) is 0 Å². The zero-order valence-corrected chi connectivity index (χ0v) is 12.8. The molecule has 3 rings (SSSR count). The van der Waals surface area contributed by atoms with Crippen molar-refractivity contribution in [3.05, 3.63) is 29.8 Å². The summed E-state index contributed by atoms with van der Waals surface area (Å²) in [5.41, 5.74) is 2.63. The predicted molar refractivity (Wildman–Crippen MR) is 85.3 cm³/mol. The van der Waals surface area contributed by atoms with Crippen LogP contribution in [0.15, 0.2) is 24.3 Å². The molecule has 0 spiro atoms. The summed E-state index contributed by atoms with van der Waals surface area (Å²) in [5.74, 6) is 0.379. The Hall–Kier alpha value is -1.55. The molecule has 2 N–H and O–H groups in total. The van der Waals surface area contributed by atoms with Crippen LogP contribution in [0.2, 0.25) is 0 Å². The van der Waals surface area contributed by atoms with Crippen molar-refractivity contribution >= 4 is 11.6 Å². The minimum Gasteiger partial charge on any atom is -0.371 e. The van der Waals surface area contributed by atoms with Crippen LogP contribution < -0.4 is 15.5 Å². The Morgan fingerprint density at radius 2 is 1.81 bits per heavy atom. The Labute approximate surface area is 126 Å². The second kappa shape index (κ2) is 6.48. The molecule has 1 heterocycles. The molecule has 1 aliphatic carbocycles. The number of piperidine rings is 1. The summed E-state index contributed by atoms with van der Waals surface area (Å²) >= 11 is 0. The van der Waals surface area contributed by atoms with Crippen LogP contribution in [0.5, 0.6) is 0 Å². The summed E-state index contributed by atoms with van der Waals surface area (Å²) in [6, 6.07) is 9.62. The van der Waals surface area contributed by atoms with Crippen LogP contribution >= 0.6 is 0 Å². The van der Waals surface area contributed by atoms with Gasteiger partial charge in [0, 0.05) is 44.3 Å². The van der Waals surface area contributed by atoms with Crippen molar-refractivity contribution < 1.29 is 4.79 Å². The standard InChI is InChI=1S/C17H25N3O/c1-18-17(21)14-8-10-20(11-9-14)16-6-2-13(3-7-16)12-19-15-4-5-15/h2-3,6-7,14-15,19H,4-5,8-12H2,1H3,(H,18,21). The Morgan fingerprint density at radius 1 is 1.14 bits per heavy atom. The first-order chi connectivity index (χ1) is 10.3. The second-order valence-corrected chi connectivity index (χ2v) is 6.20. The summed E-state index contributed by atoms with van der Waals surface area (Å²) in [7, 11) is 1.73. The molecular weight excluding hydrogens is 262 g/mol. The van der Waals surface area contributed by atoms with E-state index in [0.717, 1.165) is 38.5 Å². The molecule has 1 amide bonds. The Kier molecular flexibility index (Phi) is 4.44. The number of carbonyl (C=O) groups is 1. The van der Waals surface area contributed by atoms with Crippen molar-refractivity contribution in [1.29, 1.82) is 0 Å². The van der Waals surface area contributed by atoms with E-state index in [4.69, 9.17) is 0 Å². The van der Waals surface area contributed by atoms with E-state index in [1.54, 1.807) is 7.05 Å². The quantitative estimate of drug-likeness (QED) is 0.869. The molecule has 1 saturated carbocycles. The molecule has 2 aliphatic rings. The maximum Gasteiger partial charge on any atom is 0.222 e. The third kappa shape index (κ3) is 3.76. The number of benzene rings is 1. The van der Waals surface area contributed by atoms with Gasteiger partial charge in [-0.2, -0.15) is 0 Å². The highest BCUT2D eigenvalue weighted by atomic mass is 16.1. The number of nitrogens with one attached hydrogen (secondary N) is 2. The van der Waals surface area contributed by atoms with Gasteiger partial charge in [-0.25, -0.2) is 0 Å². The zero-order valence-electron chi connectivity index (χ0n) is 12.8. The fraction of sp³-hybridized carbons (Fsp3) is 0.588. The zero-order chi connectivity index (χ0) is 14.7. The van der Waals surface area contributed by atoms with E-state index in [-0.39, 0.29) is 11.8 Å². The monoisotopic (exact) mass is 287 g/mol. The van der Waals surface area contributed by atoms with Gasteiger partial charge in [-0.1, -0.05) is 12.1 Å². The average molecular weight is 287 g/mol. The van der Waals surface area contributed by atoms with Crippen molar-refractivity contribution in [2.45, 2.75) is 38.3 Å². The highest BCUT2D eigenvalue weighted by molar-refractivity contribution is 5.78. The number of rotatable bonds is 5. The molecule has 21 heavy (non-hydrogen) atoms. The van der Waals surface area contributed by atoms with E-state index >= 15 is 0 Å². The Balaban J connectivity index is 1.51. The first-order valence-electron chi connectivity index (χ1n) is 8.05. The molecule has 4 heteroatoms. The molecule has 2 fully saturated rings. The first-order valence-corrected chi connectivity index (χ1v) is 8.05. The van der Waals surface area contributed by atoms with E-state index < -0.39 is 0 Å². The molecule has 0 aromatic heterocycles. The van der Waals surface area contributed by atoms with E-state index in [9.17, 15) is 4.79 Å². The highest BCUT2D eigenvalue weighted by Crippen LogP contribution is 2.24. The lowest BCUT2D eigenvalue weighted by atomic mass is 9.95. The third-order valence-corrected chi connectivity index (χ3v) is 4.59. The highest BCUT2D eigenvalue weighted by Gasteiger charge is 2.24. The number of carbonyl (C=O) groups excluding carboxylic acids is 1. The largest absolute Gasteiger partial charge is 0.371 e. The molecule has 1 aromatic carbocycles. The predicted octanol–water partition coefficient (Wildman–Crippen LogP) is 1.90. The van der Waals surface area contributed by atoms with Crippen LogP contribution in [-0.4, -0.2) is 32.1 Å². The number of anilines is 1. The minimum absolute atomic E-state index is 0.188. The van der Waals surface area contributed by atoms with Crippen LogP contribution in [0.3, 0.4) is 0 Å². The van der Waals surface area contributed by atoms with E-state index in [0.29, 0.717) is 0 Å². The van der Waals surface area contributed by atoms with Crippen molar-refractivity contribution in [3.8, 4) is 0 Å². The lowest BCUT2D eigenvalue weighted by molar-refractivity contribution is -0.125. The van der Waals surface area contributed by atoms with Crippen LogP contribution in [0.4, 0.5) is 5.69 Å².